The molecule has 0 amide bonds. The second-order valence-corrected chi connectivity index (χ2v) is 1.77. The van der Waals surface area contributed by atoms with E-state index in [1.807, 2.05) is 0 Å². The van der Waals surface area contributed by atoms with Crippen LogP contribution >= 0.6 is 0 Å². The van der Waals surface area contributed by atoms with Gasteiger partial charge in [-0.2, -0.15) is 0 Å². The van der Waals surface area contributed by atoms with Crippen LogP contribution in [0.15, 0.2) is 0 Å². The van der Waals surface area contributed by atoms with Gasteiger partial charge in [0.25, 0.3) is 0 Å². The number of rotatable bonds is 4. The van der Waals surface area contributed by atoms with Gasteiger partial charge in [-0.15, -0.1) is 5.01 Å². The van der Waals surface area contributed by atoms with Crippen LogP contribution in [0.5, 0.6) is 0 Å². The van der Waals surface area contributed by atoms with E-state index in [0.717, 1.165) is 5.01 Å². The van der Waals surface area contributed by atoms with Gasteiger partial charge in [0.05, 0.1) is 0 Å². The number of halogens is 1. The Morgan fingerprint density at radius 3 is 1.64 bits per heavy atom. The summed E-state index contributed by atoms with van der Waals surface area (Å²) in [7, 11) is 0. The number of carbonyl (C=O) groups is 2. The summed E-state index contributed by atoms with van der Waals surface area (Å²) in [5.41, 5.74) is 0. The molecule has 5 N–H and O–H groups in total. The van der Waals surface area contributed by atoms with Crippen LogP contribution in [0.25, 0.3) is 0 Å². The molecule has 0 aliphatic heterocycles. The van der Waals surface area contributed by atoms with Crippen molar-refractivity contribution in [1.82, 2.24) is 5.01 Å². The van der Waals surface area contributed by atoms with Crippen molar-refractivity contribution in [3.05, 3.63) is 0 Å². The third-order valence-corrected chi connectivity index (χ3v) is 0.718. The van der Waals surface area contributed by atoms with E-state index in [0.29, 0.717) is 0 Å². The predicted octanol–water partition coefficient (Wildman–Crippen LogP) is -5.38. The van der Waals surface area contributed by atoms with Gasteiger partial charge >= 0.3 is 11.9 Å². The summed E-state index contributed by atoms with van der Waals surface area (Å²) < 4.78 is 0. The Bertz CT molecular complexity index is 135. The van der Waals surface area contributed by atoms with E-state index in [1.165, 1.54) is 0 Å². The molecule has 0 rings (SSSR count). The van der Waals surface area contributed by atoms with E-state index in [1.54, 1.807) is 0 Å². The fraction of sp³-hybridized carbons (Fsp3) is 0.500. The Hall–Kier alpha value is -0.850. The van der Waals surface area contributed by atoms with Crippen LogP contribution in [0.4, 0.5) is 0 Å². The first-order chi connectivity index (χ1) is 4.52. The van der Waals surface area contributed by atoms with Crippen LogP contribution in [-0.4, -0.2) is 40.3 Å². The SMILES string of the molecule is [Cl-].[NH3+]N(CC(=O)O)CC(=O)O. The number of carboxylic acids is 2. The molecule has 0 unspecified atom stereocenters. The normalized spacial score (nSPS) is 8.91. The summed E-state index contributed by atoms with van der Waals surface area (Å²) in [4.78, 5) is 19.8. The first-order valence-corrected chi connectivity index (χ1v) is 2.51. The van der Waals surface area contributed by atoms with E-state index in [4.69, 9.17) is 10.2 Å². The molecule has 11 heavy (non-hydrogen) atoms. The molecule has 0 heterocycles. The second kappa shape index (κ2) is 5.90. The second-order valence-electron chi connectivity index (χ2n) is 1.77. The summed E-state index contributed by atoms with van der Waals surface area (Å²) >= 11 is 0. The topological polar surface area (TPSA) is 105 Å². The molecule has 0 aromatic rings. The van der Waals surface area contributed by atoms with Crippen molar-refractivity contribution in [1.29, 1.82) is 0 Å². The molecule has 0 aliphatic rings. The largest absolute Gasteiger partial charge is 1.00 e. The quantitative estimate of drug-likeness (QED) is 0.379. The predicted molar refractivity (Wildman–Crippen MR) is 29.7 cm³/mol. The zero-order valence-corrected chi connectivity index (χ0v) is 6.41. The molecule has 0 aromatic carbocycles. The van der Waals surface area contributed by atoms with Crippen molar-refractivity contribution >= 4 is 11.9 Å². The molecule has 0 saturated carbocycles. The third-order valence-electron chi connectivity index (χ3n) is 0.718. The lowest BCUT2D eigenvalue weighted by Crippen LogP contribution is -3.00. The molecule has 0 aromatic heterocycles. The Balaban J connectivity index is 0. The van der Waals surface area contributed by atoms with Crippen LogP contribution in [-0.2, 0) is 9.59 Å². The van der Waals surface area contributed by atoms with Gasteiger partial charge in [-0.3, -0.25) is 15.4 Å². The van der Waals surface area contributed by atoms with Crippen molar-refractivity contribution in [2.75, 3.05) is 13.1 Å². The molecular formula is C4H9ClN2O4. The molecule has 66 valence electrons. The van der Waals surface area contributed by atoms with E-state index in [9.17, 15) is 9.59 Å². The Morgan fingerprint density at radius 2 is 1.45 bits per heavy atom. The first-order valence-electron chi connectivity index (χ1n) is 2.51. The van der Waals surface area contributed by atoms with Crippen molar-refractivity contribution in [3.8, 4) is 0 Å². The lowest BCUT2D eigenvalue weighted by Gasteiger charge is -2.04. The van der Waals surface area contributed by atoms with E-state index in [2.05, 4.69) is 5.84 Å². The van der Waals surface area contributed by atoms with Crippen LogP contribution in [0, 0.1) is 0 Å². The number of nitrogens with zero attached hydrogens (tertiary/aromatic N) is 1. The van der Waals surface area contributed by atoms with Gasteiger partial charge in [-0.25, -0.2) is 0 Å². The minimum atomic E-state index is -1.09. The van der Waals surface area contributed by atoms with Crippen LogP contribution < -0.4 is 18.2 Å². The Morgan fingerprint density at radius 1 is 1.18 bits per heavy atom. The highest BCUT2D eigenvalue weighted by molar-refractivity contribution is 5.72. The maximum Gasteiger partial charge on any atom is 0.323 e. The Labute approximate surface area is 69.0 Å². The molecule has 0 saturated heterocycles. The third kappa shape index (κ3) is 9.15. The smallest absolute Gasteiger partial charge is 0.323 e. The molecule has 0 radical (unpaired) electrons. The van der Waals surface area contributed by atoms with E-state index >= 15 is 0 Å². The van der Waals surface area contributed by atoms with Gasteiger partial charge in [-0.05, 0) is 0 Å². The zero-order valence-electron chi connectivity index (χ0n) is 5.66. The van der Waals surface area contributed by atoms with Crippen molar-refractivity contribution in [2.45, 2.75) is 0 Å². The van der Waals surface area contributed by atoms with Gasteiger partial charge in [0.15, 0.2) is 0 Å². The molecular weight excluding hydrogens is 176 g/mol. The molecule has 6 nitrogen and oxygen atoms in total. The molecule has 0 spiro atoms. The van der Waals surface area contributed by atoms with Crippen molar-refractivity contribution in [2.24, 2.45) is 0 Å². The summed E-state index contributed by atoms with van der Waals surface area (Å²) in [6.45, 7) is -0.710. The highest BCUT2D eigenvalue weighted by atomic mass is 35.5. The number of carboxylic acid groups (broad SMARTS) is 2. The minimum absolute atomic E-state index is 0. The highest BCUT2D eigenvalue weighted by Crippen LogP contribution is 1.73. The average Bonchev–Trinajstić information content (AvgIpc) is 1.58. The maximum atomic E-state index is 9.92. The van der Waals surface area contributed by atoms with Gasteiger partial charge in [-0.1, -0.05) is 0 Å². The highest BCUT2D eigenvalue weighted by Gasteiger charge is 2.10. The van der Waals surface area contributed by atoms with Gasteiger partial charge in [0.2, 0.25) is 0 Å². The standard InChI is InChI=1S/C4H8N2O4.ClH/c5-6(1-3(7)8)2-4(9)10;/h1-2,5H2,(H,7,8)(H,9,10);1H. The molecule has 0 bridgehead atoms. The molecule has 0 atom stereocenters. The number of hydrogen-bond acceptors (Lipinski definition) is 3. The zero-order chi connectivity index (χ0) is 8.15. The number of quaternary nitrogens is 1. The molecule has 0 fully saturated rings. The van der Waals surface area contributed by atoms with E-state index < -0.39 is 11.9 Å². The van der Waals surface area contributed by atoms with Crippen LogP contribution in [0.1, 0.15) is 0 Å². The number of aliphatic carboxylic acids is 2. The summed E-state index contributed by atoms with van der Waals surface area (Å²) in [5.74, 6) is 1.02. The van der Waals surface area contributed by atoms with Gasteiger partial charge in [0, 0.05) is 0 Å². The summed E-state index contributed by atoms with van der Waals surface area (Å²) in [6.07, 6.45) is 0. The van der Waals surface area contributed by atoms with Gasteiger partial charge < -0.3 is 22.6 Å². The van der Waals surface area contributed by atoms with E-state index in [-0.39, 0.29) is 25.5 Å². The monoisotopic (exact) mass is 184 g/mol. The van der Waals surface area contributed by atoms with Gasteiger partial charge in [0.1, 0.15) is 13.1 Å². The fourth-order valence-electron chi connectivity index (χ4n) is 0.438. The fourth-order valence-corrected chi connectivity index (χ4v) is 0.438. The summed E-state index contributed by atoms with van der Waals surface area (Å²) in [5, 5.41) is 17.2. The number of hydrogen-bond donors (Lipinski definition) is 3. The van der Waals surface area contributed by atoms with Crippen molar-refractivity contribution < 1.29 is 38.1 Å². The minimum Gasteiger partial charge on any atom is -1.00 e. The lowest BCUT2D eigenvalue weighted by atomic mass is 10.5. The Kier molecular flexibility index (Phi) is 6.86. The van der Waals surface area contributed by atoms with Crippen LogP contribution in [0.3, 0.4) is 0 Å². The van der Waals surface area contributed by atoms with Crippen molar-refractivity contribution in [3.63, 3.8) is 0 Å². The molecule has 7 heteroatoms. The molecule has 0 aliphatic carbocycles. The van der Waals surface area contributed by atoms with Crippen LogP contribution in [0.2, 0.25) is 0 Å². The average molecular weight is 185 g/mol. The first kappa shape index (κ1) is 12.8. The maximum absolute atomic E-state index is 9.92. The summed E-state index contributed by atoms with van der Waals surface area (Å²) in [6, 6.07) is 0. The lowest BCUT2D eigenvalue weighted by molar-refractivity contribution is -0.568.